The number of carboxylic acid groups (broad SMARTS) is 1. The van der Waals surface area contributed by atoms with Crippen molar-refractivity contribution < 1.29 is 14.3 Å². The molecule has 1 fully saturated rings. The fraction of sp³-hybridized carbons (Fsp3) is 0.364. The van der Waals surface area contributed by atoms with E-state index < -0.39 is 5.97 Å². The minimum atomic E-state index is -0.713. The first-order valence-corrected chi connectivity index (χ1v) is 4.69. The fourth-order valence-corrected chi connectivity index (χ4v) is 2.72. The summed E-state index contributed by atoms with van der Waals surface area (Å²) in [4.78, 5) is 10.8. The van der Waals surface area contributed by atoms with Gasteiger partial charge < -0.3 is 5.11 Å². The Balaban J connectivity index is 1.99. The lowest BCUT2D eigenvalue weighted by Crippen LogP contribution is -2.05. The summed E-state index contributed by atoms with van der Waals surface area (Å²) in [5.74, 6) is -0.771. The third-order valence-electron chi connectivity index (χ3n) is 3.37. The summed E-state index contributed by atoms with van der Waals surface area (Å²) in [7, 11) is 0. The van der Waals surface area contributed by atoms with Gasteiger partial charge in [0, 0.05) is 5.92 Å². The van der Waals surface area contributed by atoms with Gasteiger partial charge in [0.1, 0.15) is 5.82 Å². The number of carboxylic acids is 1. The third kappa shape index (κ3) is 0.870. The van der Waals surface area contributed by atoms with Gasteiger partial charge >= 0.3 is 5.97 Å². The molecule has 0 aliphatic heterocycles. The molecule has 1 aromatic carbocycles. The summed E-state index contributed by atoms with van der Waals surface area (Å²) in [6, 6.07) is 4.68. The zero-order valence-corrected chi connectivity index (χ0v) is 7.40. The standard InChI is InChI=1S/C11H9FO2/c12-6-1-2-7-5(3-6)4-8-9(7)10(8)11(13)14/h1-3,8-10H,4H2,(H,13,14)/t8-,9-,10+/m0/s1. The molecule has 0 bridgehead atoms. The first-order valence-electron chi connectivity index (χ1n) is 4.69. The van der Waals surface area contributed by atoms with E-state index >= 15 is 0 Å². The van der Waals surface area contributed by atoms with E-state index in [2.05, 4.69) is 0 Å². The predicted molar refractivity (Wildman–Crippen MR) is 47.5 cm³/mol. The van der Waals surface area contributed by atoms with Gasteiger partial charge in [-0.3, -0.25) is 4.79 Å². The second-order valence-electron chi connectivity index (χ2n) is 4.10. The van der Waals surface area contributed by atoms with Crippen molar-refractivity contribution in [2.24, 2.45) is 11.8 Å². The maximum atomic E-state index is 12.8. The van der Waals surface area contributed by atoms with Crippen LogP contribution in [0.2, 0.25) is 0 Å². The number of rotatable bonds is 1. The molecule has 2 aliphatic carbocycles. The average molecular weight is 192 g/mol. The van der Waals surface area contributed by atoms with Gasteiger partial charge in [-0.2, -0.15) is 0 Å². The molecule has 2 aliphatic rings. The molecule has 1 aromatic rings. The highest BCUT2D eigenvalue weighted by molar-refractivity contribution is 5.77. The molecule has 3 rings (SSSR count). The van der Waals surface area contributed by atoms with E-state index in [9.17, 15) is 9.18 Å². The van der Waals surface area contributed by atoms with E-state index in [4.69, 9.17) is 5.11 Å². The minimum Gasteiger partial charge on any atom is -0.481 e. The Kier molecular flexibility index (Phi) is 1.34. The van der Waals surface area contributed by atoms with Crippen molar-refractivity contribution in [2.45, 2.75) is 12.3 Å². The number of hydrogen-bond donors (Lipinski definition) is 1. The Morgan fingerprint density at radius 2 is 2.29 bits per heavy atom. The van der Waals surface area contributed by atoms with Gasteiger partial charge in [-0.25, -0.2) is 4.39 Å². The van der Waals surface area contributed by atoms with E-state index in [0.29, 0.717) is 0 Å². The fourth-order valence-electron chi connectivity index (χ4n) is 2.72. The molecule has 1 saturated carbocycles. The van der Waals surface area contributed by atoms with E-state index in [0.717, 1.165) is 17.5 Å². The summed E-state index contributed by atoms with van der Waals surface area (Å²) < 4.78 is 12.8. The van der Waals surface area contributed by atoms with E-state index in [1.165, 1.54) is 12.1 Å². The van der Waals surface area contributed by atoms with Gasteiger partial charge in [0.15, 0.2) is 0 Å². The average Bonchev–Trinajstić information content (AvgIpc) is 2.70. The van der Waals surface area contributed by atoms with Crippen molar-refractivity contribution in [3.63, 3.8) is 0 Å². The second-order valence-corrected chi connectivity index (χ2v) is 4.10. The highest BCUT2D eigenvalue weighted by atomic mass is 19.1. The molecule has 0 unspecified atom stereocenters. The second kappa shape index (κ2) is 2.35. The van der Waals surface area contributed by atoms with Crippen LogP contribution in [0.3, 0.4) is 0 Å². The molecule has 3 atom stereocenters. The summed E-state index contributed by atoms with van der Waals surface area (Å²) in [5, 5.41) is 8.87. The molecular weight excluding hydrogens is 183 g/mol. The van der Waals surface area contributed by atoms with Gasteiger partial charge in [0.25, 0.3) is 0 Å². The van der Waals surface area contributed by atoms with Crippen molar-refractivity contribution in [2.75, 3.05) is 0 Å². The van der Waals surface area contributed by atoms with Crippen molar-refractivity contribution in [1.82, 2.24) is 0 Å². The Morgan fingerprint density at radius 1 is 1.50 bits per heavy atom. The lowest BCUT2D eigenvalue weighted by atomic mass is 10.0. The maximum Gasteiger partial charge on any atom is 0.307 e. The highest BCUT2D eigenvalue weighted by Crippen LogP contribution is 2.61. The van der Waals surface area contributed by atoms with Crippen LogP contribution in [0.25, 0.3) is 0 Å². The van der Waals surface area contributed by atoms with Crippen LogP contribution in [0, 0.1) is 17.7 Å². The van der Waals surface area contributed by atoms with Crippen LogP contribution < -0.4 is 0 Å². The largest absolute Gasteiger partial charge is 0.481 e. The highest BCUT2D eigenvalue weighted by Gasteiger charge is 2.59. The maximum absolute atomic E-state index is 12.8. The molecule has 0 aromatic heterocycles. The lowest BCUT2D eigenvalue weighted by molar-refractivity contribution is -0.139. The van der Waals surface area contributed by atoms with Crippen LogP contribution in [0.5, 0.6) is 0 Å². The van der Waals surface area contributed by atoms with Crippen molar-refractivity contribution in [1.29, 1.82) is 0 Å². The molecule has 0 saturated heterocycles. The smallest absolute Gasteiger partial charge is 0.307 e. The molecule has 0 radical (unpaired) electrons. The monoisotopic (exact) mass is 192 g/mol. The normalized spacial score (nSPS) is 32.2. The number of aliphatic carboxylic acids is 1. The molecule has 0 heterocycles. The van der Waals surface area contributed by atoms with Crippen molar-refractivity contribution >= 4 is 5.97 Å². The zero-order chi connectivity index (χ0) is 9.87. The van der Waals surface area contributed by atoms with Gasteiger partial charge in [-0.15, -0.1) is 0 Å². The number of carbonyl (C=O) groups is 1. The first-order chi connectivity index (χ1) is 6.68. The summed E-state index contributed by atoms with van der Waals surface area (Å²) in [6.45, 7) is 0. The van der Waals surface area contributed by atoms with Gasteiger partial charge in [-0.05, 0) is 35.6 Å². The van der Waals surface area contributed by atoms with E-state index in [1.54, 1.807) is 6.07 Å². The quantitative estimate of drug-likeness (QED) is 0.736. The zero-order valence-electron chi connectivity index (χ0n) is 7.40. The molecule has 0 spiro atoms. The molecule has 1 N–H and O–H groups in total. The van der Waals surface area contributed by atoms with Crippen molar-refractivity contribution in [3.8, 4) is 0 Å². The van der Waals surface area contributed by atoms with Crippen LogP contribution in [-0.2, 0) is 11.2 Å². The summed E-state index contributed by atoms with van der Waals surface area (Å²) >= 11 is 0. The summed E-state index contributed by atoms with van der Waals surface area (Å²) in [6.07, 6.45) is 0.731. The van der Waals surface area contributed by atoms with E-state index in [-0.39, 0.29) is 23.6 Å². The molecule has 14 heavy (non-hydrogen) atoms. The summed E-state index contributed by atoms with van der Waals surface area (Å²) in [5.41, 5.74) is 2.04. The number of benzene rings is 1. The Morgan fingerprint density at radius 3 is 3.00 bits per heavy atom. The Labute approximate surface area is 80.4 Å². The van der Waals surface area contributed by atoms with Crippen molar-refractivity contribution in [3.05, 3.63) is 35.1 Å². The topological polar surface area (TPSA) is 37.3 Å². The molecule has 72 valence electrons. The van der Waals surface area contributed by atoms with Crippen LogP contribution in [-0.4, -0.2) is 11.1 Å². The first kappa shape index (κ1) is 7.97. The van der Waals surface area contributed by atoms with E-state index in [1.807, 2.05) is 0 Å². The molecule has 3 heteroatoms. The van der Waals surface area contributed by atoms with Gasteiger partial charge in [-0.1, -0.05) is 6.07 Å². The number of fused-ring (bicyclic) bond motifs is 3. The van der Waals surface area contributed by atoms with Crippen LogP contribution in [0.4, 0.5) is 4.39 Å². The Hall–Kier alpha value is -1.38. The predicted octanol–water partition coefficient (Wildman–Crippen LogP) is 1.80. The number of halogens is 1. The molecule has 2 nitrogen and oxygen atoms in total. The molecular formula is C11H9FO2. The van der Waals surface area contributed by atoms with Crippen LogP contribution >= 0.6 is 0 Å². The minimum absolute atomic E-state index is 0.156. The third-order valence-corrected chi connectivity index (χ3v) is 3.37. The van der Waals surface area contributed by atoms with Gasteiger partial charge in [0.2, 0.25) is 0 Å². The van der Waals surface area contributed by atoms with Crippen LogP contribution in [0.15, 0.2) is 18.2 Å². The van der Waals surface area contributed by atoms with Gasteiger partial charge in [0.05, 0.1) is 5.92 Å². The number of hydrogen-bond acceptors (Lipinski definition) is 1. The van der Waals surface area contributed by atoms with Crippen LogP contribution in [0.1, 0.15) is 17.0 Å². The lowest BCUT2D eigenvalue weighted by Gasteiger charge is -2.04. The Bertz CT molecular complexity index is 427. The SMILES string of the molecule is O=C(O)[C@@H]1[C@H]2Cc3cc(F)ccc3[C@@H]21. The molecule has 0 amide bonds.